The van der Waals surface area contributed by atoms with Gasteiger partial charge in [0.2, 0.25) is 0 Å². The van der Waals surface area contributed by atoms with Crippen LogP contribution >= 0.6 is 11.3 Å². The zero-order chi connectivity index (χ0) is 17.1. The molecule has 1 aromatic carbocycles. The molecule has 1 saturated heterocycles. The summed E-state index contributed by atoms with van der Waals surface area (Å²) in [6.07, 6.45) is 1.31. The van der Waals surface area contributed by atoms with Gasteiger partial charge >= 0.3 is 0 Å². The van der Waals surface area contributed by atoms with E-state index in [0.29, 0.717) is 5.56 Å². The van der Waals surface area contributed by atoms with E-state index in [2.05, 4.69) is 21.3 Å². The van der Waals surface area contributed by atoms with Crippen molar-refractivity contribution in [1.82, 2.24) is 4.98 Å². The number of thiazole rings is 1. The first-order valence-electron chi connectivity index (χ1n) is 8.20. The Morgan fingerprint density at radius 3 is 2.75 bits per heavy atom. The van der Waals surface area contributed by atoms with Crippen LogP contribution in [0.25, 0.3) is 0 Å². The van der Waals surface area contributed by atoms with Crippen molar-refractivity contribution >= 4 is 22.7 Å². The molecule has 1 fully saturated rings. The highest BCUT2D eigenvalue weighted by molar-refractivity contribution is 7.11. The van der Waals surface area contributed by atoms with Gasteiger partial charge in [0.25, 0.3) is 0 Å². The maximum absolute atomic E-state index is 9.64. The molecular weight excluding hydrogens is 320 g/mol. The second-order valence-electron chi connectivity index (χ2n) is 6.16. The average molecular weight is 342 g/mol. The van der Waals surface area contributed by atoms with Crippen LogP contribution in [0.3, 0.4) is 0 Å². The standard InChI is InChI=1S/C18H22N4OS/c1-12-18(24-13(2)21-12)11-20-15-3-4-17(14(9-15)10-19)22-7-5-16(23)6-8-22/h3-4,9,16,20,23H,5-8,11H2,1-2H3. The van der Waals surface area contributed by atoms with Crippen molar-refractivity contribution in [2.24, 2.45) is 0 Å². The van der Waals surface area contributed by atoms with Gasteiger partial charge in [0.1, 0.15) is 6.07 Å². The van der Waals surface area contributed by atoms with E-state index in [4.69, 9.17) is 0 Å². The monoisotopic (exact) mass is 342 g/mol. The van der Waals surface area contributed by atoms with Crippen LogP contribution in [-0.2, 0) is 6.54 Å². The molecule has 5 nitrogen and oxygen atoms in total. The predicted molar refractivity (Wildman–Crippen MR) is 97.5 cm³/mol. The molecular formula is C18H22N4OS. The van der Waals surface area contributed by atoms with E-state index in [9.17, 15) is 10.4 Å². The van der Waals surface area contributed by atoms with E-state index in [1.54, 1.807) is 11.3 Å². The van der Waals surface area contributed by atoms with E-state index in [1.807, 2.05) is 32.0 Å². The van der Waals surface area contributed by atoms with Gasteiger partial charge in [-0.15, -0.1) is 11.3 Å². The number of nitrogens with one attached hydrogen (secondary N) is 1. The molecule has 6 heteroatoms. The summed E-state index contributed by atoms with van der Waals surface area (Å²) in [5, 5.41) is 23.6. The summed E-state index contributed by atoms with van der Waals surface area (Å²) in [5.41, 5.74) is 3.64. The Hall–Kier alpha value is -2.10. The van der Waals surface area contributed by atoms with Crippen molar-refractivity contribution in [2.45, 2.75) is 39.3 Å². The molecule has 0 aliphatic carbocycles. The molecule has 2 N–H and O–H groups in total. The van der Waals surface area contributed by atoms with Crippen LogP contribution < -0.4 is 10.2 Å². The number of aliphatic hydroxyl groups is 1. The topological polar surface area (TPSA) is 72.2 Å². The van der Waals surface area contributed by atoms with Crippen molar-refractivity contribution in [3.8, 4) is 6.07 Å². The van der Waals surface area contributed by atoms with Gasteiger partial charge in [-0.05, 0) is 44.9 Å². The first-order valence-corrected chi connectivity index (χ1v) is 9.02. The summed E-state index contributed by atoms with van der Waals surface area (Å²) in [7, 11) is 0. The van der Waals surface area contributed by atoms with Crippen LogP contribution in [0.4, 0.5) is 11.4 Å². The minimum absolute atomic E-state index is 0.209. The highest BCUT2D eigenvalue weighted by Gasteiger charge is 2.19. The van der Waals surface area contributed by atoms with Crippen LogP contribution in [0.1, 0.15) is 34.0 Å². The third-order valence-electron chi connectivity index (χ3n) is 4.37. The van der Waals surface area contributed by atoms with Gasteiger partial charge in [-0.3, -0.25) is 0 Å². The Kier molecular flexibility index (Phi) is 5.03. The second kappa shape index (κ2) is 7.20. The summed E-state index contributed by atoms with van der Waals surface area (Å²) in [5.74, 6) is 0. The second-order valence-corrected chi connectivity index (χ2v) is 7.44. The average Bonchev–Trinajstić information content (AvgIpc) is 2.91. The van der Waals surface area contributed by atoms with E-state index in [0.717, 1.165) is 54.6 Å². The highest BCUT2D eigenvalue weighted by atomic mass is 32.1. The number of piperidine rings is 1. The Morgan fingerprint density at radius 2 is 2.12 bits per heavy atom. The van der Waals surface area contributed by atoms with E-state index in [1.165, 1.54) is 4.88 Å². The first kappa shape index (κ1) is 16.7. The maximum Gasteiger partial charge on any atom is 0.101 e. The molecule has 0 atom stereocenters. The number of anilines is 2. The predicted octanol–water partition coefficient (Wildman–Crippen LogP) is 3.20. The fourth-order valence-corrected chi connectivity index (χ4v) is 3.91. The molecule has 1 aromatic heterocycles. The van der Waals surface area contributed by atoms with Crippen molar-refractivity contribution < 1.29 is 5.11 Å². The third-order valence-corrected chi connectivity index (χ3v) is 5.45. The van der Waals surface area contributed by atoms with Crippen molar-refractivity contribution in [3.63, 3.8) is 0 Å². The number of aromatic nitrogens is 1. The van der Waals surface area contributed by atoms with Crippen LogP contribution in [0, 0.1) is 25.2 Å². The lowest BCUT2D eigenvalue weighted by molar-refractivity contribution is 0.145. The number of hydrogen-bond acceptors (Lipinski definition) is 6. The number of nitrogens with zero attached hydrogens (tertiary/aromatic N) is 3. The SMILES string of the molecule is Cc1nc(C)c(CNc2ccc(N3CCC(O)CC3)c(C#N)c2)s1. The van der Waals surface area contributed by atoms with Crippen molar-refractivity contribution in [1.29, 1.82) is 5.26 Å². The Bertz CT molecular complexity index is 757. The van der Waals surface area contributed by atoms with Crippen LogP contribution in [0.2, 0.25) is 0 Å². The van der Waals surface area contributed by atoms with E-state index < -0.39 is 0 Å². The zero-order valence-corrected chi connectivity index (χ0v) is 14.9. The lowest BCUT2D eigenvalue weighted by Crippen LogP contribution is -2.36. The summed E-state index contributed by atoms with van der Waals surface area (Å²) in [6.45, 7) is 6.34. The Labute approximate surface area is 146 Å². The third kappa shape index (κ3) is 3.69. The molecule has 126 valence electrons. The van der Waals surface area contributed by atoms with Gasteiger partial charge in [0.15, 0.2) is 0 Å². The normalized spacial score (nSPS) is 15.3. The fraction of sp³-hybridized carbons (Fsp3) is 0.444. The van der Waals surface area contributed by atoms with E-state index >= 15 is 0 Å². The molecule has 0 amide bonds. The van der Waals surface area contributed by atoms with E-state index in [-0.39, 0.29) is 6.10 Å². The largest absolute Gasteiger partial charge is 0.393 e. The first-order chi connectivity index (χ1) is 11.6. The van der Waals surface area contributed by atoms with Crippen LogP contribution in [0.15, 0.2) is 18.2 Å². The number of hydrogen-bond donors (Lipinski definition) is 2. The minimum Gasteiger partial charge on any atom is -0.393 e. The highest BCUT2D eigenvalue weighted by Crippen LogP contribution is 2.27. The number of benzene rings is 1. The van der Waals surface area contributed by atoms with Crippen LogP contribution in [-0.4, -0.2) is 29.3 Å². The smallest absolute Gasteiger partial charge is 0.101 e. The lowest BCUT2D eigenvalue weighted by Gasteiger charge is -2.32. The maximum atomic E-state index is 9.64. The number of aliphatic hydroxyl groups excluding tert-OH is 1. The van der Waals surface area contributed by atoms with Crippen LogP contribution in [0.5, 0.6) is 0 Å². The van der Waals surface area contributed by atoms with Crippen molar-refractivity contribution in [2.75, 3.05) is 23.3 Å². The molecule has 0 saturated carbocycles. The minimum atomic E-state index is -0.209. The van der Waals surface area contributed by atoms with Crippen molar-refractivity contribution in [3.05, 3.63) is 39.3 Å². The zero-order valence-electron chi connectivity index (χ0n) is 14.0. The number of rotatable bonds is 4. The van der Waals surface area contributed by atoms with Gasteiger partial charge in [-0.2, -0.15) is 5.26 Å². The molecule has 24 heavy (non-hydrogen) atoms. The molecule has 0 radical (unpaired) electrons. The molecule has 3 rings (SSSR count). The number of aryl methyl sites for hydroxylation is 2. The molecule has 1 aliphatic rings. The molecule has 1 aliphatic heterocycles. The van der Waals surface area contributed by atoms with Gasteiger partial charge in [-0.1, -0.05) is 0 Å². The van der Waals surface area contributed by atoms with Gasteiger partial charge < -0.3 is 15.3 Å². The van der Waals surface area contributed by atoms with Gasteiger partial charge in [0, 0.05) is 23.7 Å². The molecule has 0 unspecified atom stereocenters. The molecule has 0 spiro atoms. The Balaban J connectivity index is 1.72. The summed E-state index contributed by atoms with van der Waals surface area (Å²) in [4.78, 5) is 7.85. The van der Waals surface area contributed by atoms with Gasteiger partial charge in [-0.25, -0.2) is 4.98 Å². The molecule has 0 bridgehead atoms. The summed E-state index contributed by atoms with van der Waals surface area (Å²) in [6, 6.07) is 8.23. The lowest BCUT2D eigenvalue weighted by atomic mass is 10.0. The quantitative estimate of drug-likeness (QED) is 0.893. The molecule has 2 heterocycles. The number of nitriles is 1. The van der Waals surface area contributed by atoms with Gasteiger partial charge in [0.05, 0.1) is 34.6 Å². The fourth-order valence-electron chi connectivity index (χ4n) is 3.04. The molecule has 2 aromatic rings. The Morgan fingerprint density at radius 1 is 1.38 bits per heavy atom. The summed E-state index contributed by atoms with van der Waals surface area (Å²) >= 11 is 1.70. The summed E-state index contributed by atoms with van der Waals surface area (Å²) < 4.78 is 0.